The van der Waals surface area contributed by atoms with Gasteiger partial charge in [0.1, 0.15) is 6.10 Å². The van der Waals surface area contributed by atoms with E-state index >= 15 is 0 Å². The van der Waals surface area contributed by atoms with E-state index in [0.29, 0.717) is 23.3 Å². The van der Waals surface area contributed by atoms with E-state index < -0.39 is 12.1 Å². The monoisotopic (exact) mass is 380 g/mol. The van der Waals surface area contributed by atoms with Crippen molar-refractivity contribution >= 4 is 5.97 Å². The number of aliphatic hydroxyl groups is 1. The first-order valence-corrected chi connectivity index (χ1v) is 10.5. The van der Waals surface area contributed by atoms with E-state index in [1.54, 1.807) is 12.1 Å². The van der Waals surface area contributed by atoms with E-state index in [0.717, 1.165) is 19.3 Å². The van der Waals surface area contributed by atoms with Crippen LogP contribution < -0.4 is 0 Å². The molecular weight excluding hydrogens is 348 g/mol. The Kier molecular flexibility index (Phi) is 6.90. The molecule has 0 bridgehead atoms. The lowest BCUT2D eigenvalue weighted by atomic mass is 9.69. The van der Waals surface area contributed by atoms with Crippen LogP contribution >= 0.6 is 0 Å². The maximum Gasteiger partial charge on any atom is 0.339 e. The second kappa shape index (κ2) is 9.38. The molecule has 0 aromatic heterocycles. The van der Waals surface area contributed by atoms with Gasteiger partial charge >= 0.3 is 5.97 Å². The summed E-state index contributed by atoms with van der Waals surface area (Å²) in [6, 6.07) is 19.5. The summed E-state index contributed by atoms with van der Waals surface area (Å²) in [7, 11) is 0. The van der Waals surface area contributed by atoms with Crippen molar-refractivity contribution in [3.63, 3.8) is 0 Å². The fourth-order valence-corrected chi connectivity index (χ4v) is 4.48. The molecule has 1 aliphatic carbocycles. The van der Waals surface area contributed by atoms with E-state index in [9.17, 15) is 9.90 Å². The highest BCUT2D eigenvalue weighted by molar-refractivity contribution is 5.76. The summed E-state index contributed by atoms with van der Waals surface area (Å²) in [4.78, 5) is 12.7. The molecule has 1 unspecified atom stereocenters. The van der Waals surface area contributed by atoms with E-state index in [-0.39, 0.29) is 12.0 Å². The van der Waals surface area contributed by atoms with Crippen LogP contribution in [0.1, 0.15) is 63.2 Å². The van der Waals surface area contributed by atoms with Gasteiger partial charge in [-0.15, -0.1) is 0 Å². The summed E-state index contributed by atoms with van der Waals surface area (Å²) >= 11 is 0. The molecule has 0 saturated heterocycles. The highest BCUT2D eigenvalue weighted by Gasteiger charge is 2.38. The molecule has 28 heavy (non-hydrogen) atoms. The molecule has 2 aromatic carbocycles. The van der Waals surface area contributed by atoms with Gasteiger partial charge in [-0.1, -0.05) is 81.4 Å². The molecule has 3 heteroatoms. The van der Waals surface area contributed by atoms with Crippen LogP contribution in [0.3, 0.4) is 0 Å². The summed E-state index contributed by atoms with van der Waals surface area (Å²) in [6.07, 6.45) is 1.59. The second-order valence-electron chi connectivity index (χ2n) is 8.47. The first-order valence-electron chi connectivity index (χ1n) is 10.5. The number of carbonyl (C=O) groups is 1. The Balaban J connectivity index is 1.76. The van der Waals surface area contributed by atoms with E-state index in [2.05, 4.69) is 45.0 Å². The van der Waals surface area contributed by atoms with Crippen LogP contribution in [0.5, 0.6) is 0 Å². The number of ether oxygens (including phenoxy) is 1. The van der Waals surface area contributed by atoms with Gasteiger partial charge in [-0.05, 0) is 48.1 Å². The highest BCUT2D eigenvalue weighted by Crippen LogP contribution is 2.42. The lowest BCUT2D eigenvalue weighted by molar-refractivity contribution is -0.165. The van der Waals surface area contributed by atoms with Crippen LogP contribution in [0.4, 0.5) is 0 Å². The van der Waals surface area contributed by atoms with Crippen molar-refractivity contribution in [3.8, 4) is 0 Å². The van der Waals surface area contributed by atoms with Gasteiger partial charge < -0.3 is 9.84 Å². The average molecular weight is 381 g/mol. The van der Waals surface area contributed by atoms with E-state index in [1.165, 1.54) is 5.56 Å². The molecule has 3 rings (SSSR count). The van der Waals surface area contributed by atoms with Gasteiger partial charge in [0.15, 0.2) is 6.10 Å². The van der Waals surface area contributed by atoms with Gasteiger partial charge in [-0.2, -0.15) is 0 Å². The van der Waals surface area contributed by atoms with Crippen LogP contribution in [-0.4, -0.2) is 17.2 Å². The maximum absolute atomic E-state index is 12.7. The Labute approximate surface area is 168 Å². The van der Waals surface area contributed by atoms with Gasteiger partial charge in [-0.25, -0.2) is 4.79 Å². The van der Waals surface area contributed by atoms with Crippen LogP contribution in [0.15, 0.2) is 60.7 Å². The molecule has 1 aliphatic rings. The standard InChI is InChI=1S/C25H32O3/c1-17(2)21-14-15-23(22(16-21)18(3)19-10-6-4-7-11-19)28-25(27)24(26)20-12-8-5-9-13-20/h4-13,17-18,21-24,26H,14-16H2,1-3H3/t18?,21-,22+,23-,24+/m1/s1. The number of rotatable bonds is 6. The molecule has 1 fully saturated rings. The van der Waals surface area contributed by atoms with Gasteiger partial charge in [0.25, 0.3) is 0 Å². The Morgan fingerprint density at radius 2 is 1.50 bits per heavy atom. The molecular formula is C25H32O3. The summed E-state index contributed by atoms with van der Waals surface area (Å²) in [5.74, 6) is 1.29. The third kappa shape index (κ3) is 4.82. The maximum atomic E-state index is 12.7. The van der Waals surface area contributed by atoms with Crippen LogP contribution in [-0.2, 0) is 9.53 Å². The highest BCUT2D eigenvalue weighted by atomic mass is 16.6. The molecule has 3 nitrogen and oxygen atoms in total. The van der Waals surface area contributed by atoms with Crippen LogP contribution in [0.25, 0.3) is 0 Å². The summed E-state index contributed by atoms with van der Waals surface area (Å²) < 4.78 is 5.90. The minimum atomic E-state index is -1.23. The molecule has 1 saturated carbocycles. The third-order valence-corrected chi connectivity index (χ3v) is 6.39. The number of benzene rings is 2. The lowest BCUT2D eigenvalue weighted by Gasteiger charge is -2.40. The Morgan fingerprint density at radius 3 is 2.07 bits per heavy atom. The van der Waals surface area contributed by atoms with Gasteiger partial charge in [0.2, 0.25) is 0 Å². The predicted octanol–water partition coefficient (Wildman–Crippen LogP) is 5.51. The molecule has 2 aromatic rings. The molecule has 0 radical (unpaired) electrons. The van der Waals surface area contributed by atoms with Crippen molar-refractivity contribution in [1.29, 1.82) is 0 Å². The number of aliphatic hydroxyl groups excluding tert-OH is 1. The Morgan fingerprint density at radius 1 is 0.929 bits per heavy atom. The van der Waals surface area contributed by atoms with Gasteiger partial charge in [-0.3, -0.25) is 0 Å². The second-order valence-corrected chi connectivity index (χ2v) is 8.47. The zero-order valence-corrected chi connectivity index (χ0v) is 17.1. The molecule has 150 valence electrons. The SMILES string of the molecule is CC(C)[C@@H]1CC[C@@H](OC(=O)[C@@H](O)c2ccccc2)[C@H](C(C)c2ccccc2)C1. The van der Waals surface area contributed by atoms with Crippen molar-refractivity contribution in [1.82, 2.24) is 0 Å². The van der Waals surface area contributed by atoms with Gasteiger partial charge in [0, 0.05) is 5.92 Å². The predicted molar refractivity (Wildman–Crippen MR) is 112 cm³/mol. The normalized spacial score (nSPS) is 24.5. The van der Waals surface area contributed by atoms with E-state index in [1.807, 2.05) is 24.3 Å². The summed E-state index contributed by atoms with van der Waals surface area (Å²) in [5.41, 5.74) is 1.86. The molecule has 1 N–H and O–H groups in total. The smallest absolute Gasteiger partial charge is 0.339 e. The molecule has 5 atom stereocenters. The third-order valence-electron chi connectivity index (χ3n) is 6.39. The van der Waals surface area contributed by atoms with Crippen molar-refractivity contribution in [2.75, 3.05) is 0 Å². The van der Waals surface area contributed by atoms with Crippen molar-refractivity contribution in [2.24, 2.45) is 17.8 Å². The fourth-order valence-electron chi connectivity index (χ4n) is 4.48. The van der Waals surface area contributed by atoms with E-state index in [4.69, 9.17) is 4.74 Å². The van der Waals surface area contributed by atoms with Crippen LogP contribution in [0, 0.1) is 17.8 Å². The van der Waals surface area contributed by atoms with Crippen molar-refractivity contribution in [3.05, 3.63) is 71.8 Å². The Bertz CT molecular complexity index is 741. The van der Waals surface area contributed by atoms with Crippen molar-refractivity contribution < 1.29 is 14.6 Å². The average Bonchev–Trinajstić information content (AvgIpc) is 2.74. The number of hydrogen-bond acceptors (Lipinski definition) is 3. The molecule has 0 spiro atoms. The molecule has 0 aliphatic heterocycles. The van der Waals surface area contributed by atoms with Crippen molar-refractivity contribution in [2.45, 2.75) is 58.2 Å². The molecule has 0 heterocycles. The van der Waals surface area contributed by atoms with Gasteiger partial charge in [0.05, 0.1) is 0 Å². The summed E-state index contributed by atoms with van der Waals surface area (Å²) in [6.45, 7) is 6.79. The lowest BCUT2D eigenvalue weighted by Crippen LogP contribution is -2.38. The minimum absolute atomic E-state index is 0.156. The molecule has 0 amide bonds. The summed E-state index contributed by atoms with van der Waals surface area (Å²) in [5, 5.41) is 10.4. The quantitative estimate of drug-likeness (QED) is 0.672. The largest absolute Gasteiger partial charge is 0.460 e. The topological polar surface area (TPSA) is 46.5 Å². The number of hydrogen-bond donors (Lipinski definition) is 1. The number of esters is 1. The number of carbonyl (C=O) groups excluding carboxylic acids is 1. The first-order chi connectivity index (χ1) is 13.5. The first kappa shape index (κ1) is 20.6. The fraction of sp³-hybridized carbons (Fsp3) is 0.480. The minimum Gasteiger partial charge on any atom is -0.460 e. The zero-order valence-electron chi connectivity index (χ0n) is 17.1. The zero-order chi connectivity index (χ0) is 20.1. The van der Waals surface area contributed by atoms with Crippen LogP contribution in [0.2, 0.25) is 0 Å². The Hall–Kier alpha value is -2.13.